The average Bonchev–Trinajstić information content (AvgIpc) is 3.01. The second kappa shape index (κ2) is 8.48. The Hall–Kier alpha value is -2.86. The monoisotopic (exact) mass is 420 g/mol. The molecule has 1 saturated heterocycles. The number of fused-ring (bicyclic) bond motifs is 1. The molecule has 0 saturated carbocycles. The second-order valence-electron chi connectivity index (χ2n) is 7.75. The molecule has 1 N–H and O–H groups in total. The van der Waals surface area contributed by atoms with Gasteiger partial charge in [0, 0.05) is 10.6 Å². The van der Waals surface area contributed by atoms with Gasteiger partial charge in [0.05, 0.1) is 23.3 Å². The highest BCUT2D eigenvalue weighted by molar-refractivity contribution is 8.00. The molecule has 0 unspecified atom stereocenters. The zero-order valence-corrected chi connectivity index (χ0v) is 17.9. The van der Waals surface area contributed by atoms with E-state index >= 15 is 0 Å². The van der Waals surface area contributed by atoms with E-state index in [-0.39, 0.29) is 35.3 Å². The highest BCUT2D eigenvalue weighted by Crippen LogP contribution is 2.38. The van der Waals surface area contributed by atoms with Gasteiger partial charge in [0.2, 0.25) is 17.7 Å². The van der Waals surface area contributed by atoms with Crippen LogP contribution in [0.4, 0.5) is 11.4 Å². The Morgan fingerprint density at radius 2 is 1.63 bits per heavy atom. The topological polar surface area (TPSA) is 66.5 Å². The van der Waals surface area contributed by atoms with E-state index in [1.54, 1.807) is 12.1 Å². The smallest absolute Gasteiger partial charge is 0.238 e. The molecular formula is C24H24N2O3S. The molecule has 2 aromatic carbocycles. The number of nitrogens with zero attached hydrogens (tertiary/aromatic N) is 1. The lowest BCUT2D eigenvalue weighted by Gasteiger charge is -2.15. The van der Waals surface area contributed by atoms with Crippen molar-refractivity contribution in [1.82, 2.24) is 0 Å². The molecule has 2 atom stereocenters. The fraction of sp³-hybridized carbons (Fsp3) is 0.292. The van der Waals surface area contributed by atoms with Gasteiger partial charge in [-0.1, -0.05) is 24.3 Å². The number of carbonyl (C=O) groups is 3. The molecule has 3 amide bonds. The molecule has 0 radical (unpaired) electrons. The summed E-state index contributed by atoms with van der Waals surface area (Å²) in [6.45, 7) is 4.01. The maximum absolute atomic E-state index is 12.7. The van der Waals surface area contributed by atoms with Gasteiger partial charge in [-0.15, -0.1) is 11.8 Å². The van der Waals surface area contributed by atoms with Crippen molar-refractivity contribution in [1.29, 1.82) is 0 Å². The first kappa shape index (κ1) is 20.4. The van der Waals surface area contributed by atoms with Crippen molar-refractivity contribution in [2.75, 3.05) is 16.0 Å². The fourth-order valence-corrected chi connectivity index (χ4v) is 4.67. The van der Waals surface area contributed by atoms with E-state index in [4.69, 9.17) is 0 Å². The van der Waals surface area contributed by atoms with Crippen LogP contribution in [-0.4, -0.2) is 23.5 Å². The lowest BCUT2D eigenvalue weighted by atomic mass is 9.85. The first-order valence-corrected chi connectivity index (χ1v) is 11.1. The van der Waals surface area contributed by atoms with E-state index in [2.05, 4.69) is 5.32 Å². The number of imide groups is 1. The molecule has 2 aromatic rings. The summed E-state index contributed by atoms with van der Waals surface area (Å²) in [5.74, 6) is -0.468. The molecule has 0 aromatic heterocycles. The van der Waals surface area contributed by atoms with Crippen molar-refractivity contribution < 1.29 is 14.4 Å². The number of hydrogen-bond acceptors (Lipinski definition) is 4. The minimum absolute atomic E-state index is 0.0701. The molecule has 5 nitrogen and oxygen atoms in total. The summed E-state index contributed by atoms with van der Waals surface area (Å²) in [6, 6.07) is 13.1. The summed E-state index contributed by atoms with van der Waals surface area (Å²) in [5.41, 5.74) is 3.63. The van der Waals surface area contributed by atoms with Crippen LogP contribution in [0.3, 0.4) is 0 Å². The van der Waals surface area contributed by atoms with Gasteiger partial charge in [-0.05, 0) is 68.1 Å². The lowest BCUT2D eigenvalue weighted by molar-refractivity contribution is -0.122. The summed E-state index contributed by atoms with van der Waals surface area (Å²) in [4.78, 5) is 39.9. The van der Waals surface area contributed by atoms with Gasteiger partial charge in [0.1, 0.15) is 0 Å². The Bertz CT molecular complexity index is 1000. The van der Waals surface area contributed by atoms with Crippen LogP contribution in [0, 0.1) is 25.7 Å². The van der Waals surface area contributed by atoms with E-state index in [0.717, 1.165) is 21.7 Å². The largest absolute Gasteiger partial charge is 0.325 e. The maximum Gasteiger partial charge on any atom is 0.238 e. The van der Waals surface area contributed by atoms with Gasteiger partial charge in [0.25, 0.3) is 0 Å². The highest BCUT2D eigenvalue weighted by atomic mass is 32.2. The number of hydrogen-bond donors (Lipinski definition) is 1. The average molecular weight is 421 g/mol. The summed E-state index contributed by atoms with van der Waals surface area (Å²) < 4.78 is 0. The minimum Gasteiger partial charge on any atom is -0.325 e. The number of anilines is 2. The van der Waals surface area contributed by atoms with Crippen LogP contribution >= 0.6 is 11.8 Å². The molecule has 154 valence electrons. The zero-order chi connectivity index (χ0) is 21.3. The standard InChI is InChI=1S/C24H24N2O3S/c1-15-6-5-9-21(16(15)2)25-22(27)14-30-18-12-10-17(11-13-18)26-23(28)19-7-3-4-8-20(19)24(26)29/h3-6,9-13,19-20H,7-8,14H2,1-2H3,(H,25,27)/t19-,20-/m0/s1. The highest BCUT2D eigenvalue weighted by Gasteiger charge is 2.47. The number of allylic oxidation sites excluding steroid dienone is 2. The van der Waals surface area contributed by atoms with E-state index in [1.165, 1.54) is 16.7 Å². The molecule has 0 spiro atoms. The predicted molar refractivity (Wildman–Crippen MR) is 120 cm³/mol. The quantitative estimate of drug-likeness (QED) is 0.440. The van der Waals surface area contributed by atoms with Crippen molar-refractivity contribution >= 4 is 40.9 Å². The Kier molecular flexibility index (Phi) is 5.77. The number of carbonyl (C=O) groups excluding carboxylic acids is 3. The molecule has 0 bridgehead atoms. The first-order chi connectivity index (χ1) is 14.5. The first-order valence-electron chi connectivity index (χ1n) is 10.1. The van der Waals surface area contributed by atoms with E-state index in [0.29, 0.717) is 18.5 Å². The molecule has 30 heavy (non-hydrogen) atoms. The normalized spacial score (nSPS) is 20.4. The SMILES string of the molecule is Cc1cccc(NC(=O)CSc2ccc(N3C(=O)[C@H]4CC=CC[C@@H]4C3=O)cc2)c1C. The van der Waals surface area contributed by atoms with Gasteiger partial charge in [-0.3, -0.25) is 19.3 Å². The van der Waals surface area contributed by atoms with Crippen LogP contribution in [0.5, 0.6) is 0 Å². The number of aryl methyl sites for hydroxylation is 1. The Morgan fingerprint density at radius 3 is 2.27 bits per heavy atom. The third-order valence-corrected chi connectivity index (χ3v) is 6.86. The van der Waals surface area contributed by atoms with Crippen molar-refractivity contribution in [2.24, 2.45) is 11.8 Å². The van der Waals surface area contributed by atoms with Gasteiger partial charge < -0.3 is 5.32 Å². The molecular weight excluding hydrogens is 396 g/mol. The Morgan fingerprint density at radius 1 is 1.00 bits per heavy atom. The Labute approximate surface area is 180 Å². The van der Waals surface area contributed by atoms with Crippen LogP contribution in [0.15, 0.2) is 59.5 Å². The molecule has 1 heterocycles. The summed E-state index contributed by atoms with van der Waals surface area (Å²) in [7, 11) is 0. The zero-order valence-electron chi connectivity index (χ0n) is 17.1. The van der Waals surface area contributed by atoms with Crippen molar-refractivity contribution in [2.45, 2.75) is 31.6 Å². The van der Waals surface area contributed by atoms with E-state index in [1.807, 2.05) is 56.3 Å². The Balaban J connectivity index is 1.37. The predicted octanol–water partition coefficient (Wildman–Crippen LogP) is 4.49. The van der Waals surface area contributed by atoms with E-state index in [9.17, 15) is 14.4 Å². The number of nitrogens with one attached hydrogen (secondary N) is 1. The molecule has 6 heteroatoms. The molecule has 1 fully saturated rings. The van der Waals surface area contributed by atoms with Crippen LogP contribution in [-0.2, 0) is 14.4 Å². The summed E-state index contributed by atoms with van der Waals surface area (Å²) >= 11 is 1.42. The van der Waals surface area contributed by atoms with Gasteiger partial charge in [0.15, 0.2) is 0 Å². The third-order valence-electron chi connectivity index (χ3n) is 5.85. The van der Waals surface area contributed by atoms with Crippen molar-refractivity contribution in [3.63, 3.8) is 0 Å². The number of benzene rings is 2. The second-order valence-corrected chi connectivity index (χ2v) is 8.79. The van der Waals surface area contributed by atoms with Crippen LogP contribution in [0.25, 0.3) is 0 Å². The van der Waals surface area contributed by atoms with Crippen LogP contribution in [0.1, 0.15) is 24.0 Å². The molecule has 2 aliphatic rings. The third kappa shape index (κ3) is 3.92. The van der Waals surface area contributed by atoms with Crippen molar-refractivity contribution in [3.05, 3.63) is 65.7 Å². The van der Waals surface area contributed by atoms with E-state index < -0.39 is 0 Å². The number of rotatable bonds is 5. The fourth-order valence-electron chi connectivity index (χ4n) is 3.97. The maximum atomic E-state index is 12.7. The number of thioether (sulfide) groups is 1. The van der Waals surface area contributed by atoms with Gasteiger partial charge in [-0.2, -0.15) is 0 Å². The van der Waals surface area contributed by atoms with Gasteiger partial charge >= 0.3 is 0 Å². The summed E-state index contributed by atoms with van der Waals surface area (Å²) in [5, 5.41) is 2.95. The van der Waals surface area contributed by atoms with Crippen molar-refractivity contribution in [3.8, 4) is 0 Å². The lowest BCUT2D eigenvalue weighted by Crippen LogP contribution is -2.30. The molecule has 1 aliphatic carbocycles. The number of amides is 3. The van der Waals surface area contributed by atoms with Crippen LogP contribution < -0.4 is 10.2 Å². The summed E-state index contributed by atoms with van der Waals surface area (Å²) in [6.07, 6.45) is 5.24. The molecule has 4 rings (SSSR count). The minimum atomic E-state index is -0.231. The van der Waals surface area contributed by atoms with Gasteiger partial charge in [-0.25, -0.2) is 0 Å². The molecule has 1 aliphatic heterocycles. The van der Waals surface area contributed by atoms with Crippen LogP contribution in [0.2, 0.25) is 0 Å².